The van der Waals surface area contributed by atoms with Gasteiger partial charge in [0.25, 0.3) is 0 Å². The van der Waals surface area contributed by atoms with E-state index in [1.54, 1.807) is 4.68 Å². The van der Waals surface area contributed by atoms with Gasteiger partial charge in [0.1, 0.15) is 5.82 Å². The summed E-state index contributed by atoms with van der Waals surface area (Å²) >= 11 is 6.39. The van der Waals surface area contributed by atoms with Crippen molar-refractivity contribution in [2.75, 3.05) is 23.7 Å². The molecular weight excluding hydrogens is 260 g/mol. The average molecular weight is 277 g/mol. The second kappa shape index (κ2) is 4.78. The van der Waals surface area contributed by atoms with Crippen LogP contribution in [0.3, 0.4) is 0 Å². The Labute approximate surface area is 117 Å². The molecule has 0 bridgehead atoms. The van der Waals surface area contributed by atoms with Gasteiger partial charge in [-0.2, -0.15) is 5.10 Å². The zero-order chi connectivity index (χ0) is 13.4. The normalized spacial score (nSPS) is 15.2. The maximum atomic E-state index is 6.39. The molecule has 0 spiro atoms. The summed E-state index contributed by atoms with van der Waals surface area (Å²) in [5.74, 6) is 0.641. The molecule has 1 fully saturated rings. The molecule has 0 atom stereocenters. The van der Waals surface area contributed by atoms with Crippen molar-refractivity contribution in [3.63, 3.8) is 0 Å². The van der Waals surface area contributed by atoms with E-state index in [1.807, 2.05) is 25.2 Å². The lowest BCUT2D eigenvalue weighted by atomic mass is 10.1. The van der Waals surface area contributed by atoms with Gasteiger partial charge in [-0.3, -0.25) is 4.68 Å². The van der Waals surface area contributed by atoms with Crippen LogP contribution in [0.5, 0.6) is 0 Å². The van der Waals surface area contributed by atoms with Crippen LogP contribution in [0, 0.1) is 0 Å². The summed E-state index contributed by atoms with van der Waals surface area (Å²) < 4.78 is 1.67. The highest BCUT2D eigenvalue weighted by Crippen LogP contribution is 2.38. The monoisotopic (exact) mass is 276 g/mol. The van der Waals surface area contributed by atoms with E-state index >= 15 is 0 Å². The molecule has 0 radical (unpaired) electrons. The summed E-state index contributed by atoms with van der Waals surface area (Å²) in [4.78, 5) is 2.37. The first-order valence-electron chi connectivity index (χ1n) is 6.50. The number of nitrogen functional groups attached to an aromatic ring is 1. The number of hydrogen-bond donors (Lipinski definition) is 1. The van der Waals surface area contributed by atoms with Gasteiger partial charge in [0.15, 0.2) is 0 Å². The molecule has 0 amide bonds. The first-order valence-corrected chi connectivity index (χ1v) is 6.88. The molecule has 1 aliphatic rings. The van der Waals surface area contributed by atoms with E-state index in [0.717, 1.165) is 35.1 Å². The van der Waals surface area contributed by atoms with Crippen molar-refractivity contribution < 1.29 is 0 Å². The molecule has 2 heterocycles. The van der Waals surface area contributed by atoms with Crippen molar-refractivity contribution in [3.05, 3.63) is 29.3 Å². The second-order valence-electron chi connectivity index (χ2n) is 4.91. The molecular formula is C14H17ClN4. The minimum Gasteiger partial charge on any atom is -0.384 e. The van der Waals surface area contributed by atoms with Crippen molar-refractivity contribution in [1.82, 2.24) is 9.78 Å². The maximum absolute atomic E-state index is 6.39. The van der Waals surface area contributed by atoms with Gasteiger partial charge in [-0.25, -0.2) is 0 Å². The van der Waals surface area contributed by atoms with Gasteiger partial charge in [0.05, 0.1) is 10.7 Å². The van der Waals surface area contributed by atoms with Crippen LogP contribution < -0.4 is 10.6 Å². The highest BCUT2D eigenvalue weighted by Gasteiger charge is 2.20. The van der Waals surface area contributed by atoms with Crippen molar-refractivity contribution in [2.24, 2.45) is 7.05 Å². The quantitative estimate of drug-likeness (QED) is 0.917. The Balaban J connectivity index is 2.13. The number of nitrogens with two attached hydrogens (primary N) is 1. The first kappa shape index (κ1) is 12.4. The van der Waals surface area contributed by atoms with E-state index in [4.69, 9.17) is 17.3 Å². The van der Waals surface area contributed by atoms with Crippen LogP contribution in [0.15, 0.2) is 24.3 Å². The number of anilines is 2. The average Bonchev–Trinajstić information content (AvgIpc) is 3.00. The van der Waals surface area contributed by atoms with Gasteiger partial charge in [-0.1, -0.05) is 17.7 Å². The number of benzene rings is 1. The van der Waals surface area contributed by atoms with E-state index in [1.165, 1.54) is 12.8 Å². The molecule has 2 N–H and O–H groups in total. The Morgan fingerprint density at radius 3 is 2.63 bits per heavy atom. The Hall–Kier alpha value is -1.68. The zero-order valence-electron chi connectivity index (χ0n) is 10.9. The molecule has 100 valence electrons. The van der Waals surface area contributed by atoms with E-state index in [2.05, 4.69) is 16.1 Å². The third-order valence-electron chi connectivity index (χ3n) is 3.61. The molecule has 1 aromatic heterocycles. The zero-order valence-corrected chi connectivity index (χ0v) is 11.7. The number of nitrogens with zero attached hydrogens (tertiary/aromatic N) is 3. The summed E-state index contributed by atoms with van der Waals surface area (Å²) in [5.41, 5.74) is 8.86. The van der Waals surface area contributed by atoms with Gasteiger partial charge in [-0.15, -0.1) is 0 Å². The lowest BCUT2D eigenvalue weighted by Gasteiger charge is -2.21. The summed E-state index contributed by atoms with van der Waals surface area (Å²) in [6.07, 6.45) is 2.46. The summed E-state index contributed by atoms with van der Waals surface area (Å²) in [7, 11) is 1.84. The Kier molecular flexibility index (Phi) is 3.11. The minimum absolute atomic E-state index is 0.641. The van der Waals surface area contributed by atoms with Crippen LogP contribution in [0.2, 0.25) is 5.02 Å². The third-order valence-corrected chi connectivity index (χ3v) is 3.93. The largest absolute Gasteiger partial charge is 0.384 e. The van der Waals surface area contributed by atoms with Gasteiger partial charge in [0, 0.05) is 37.5 Å². The molecule has 0 unspecified atom stereocenters. The molecule has 4 nitrogen and oxygen atoms in total. The molecule has 2 aromatic rings. The SMILES string of the molecule is Cn1nc(-c2c(Cl)cccc2N2CCCC2)cc1N. The third kappa shape index (κ3) is 2.16. The number of rotatable bonds is 2. The maximum Gasteiger partial charge on any atom is 0.121 e. The number of hydrogen-bond acceptors (Lipinski definition) is 3. The predicted octanol–water partition coefficient (Wildman–Crippen LogP) is 2.92. The fourth-order valence-corrected chi connectivity index (χ4v) is 2.86. The standard InChI is InChI=1S/C14H17ClN4/c1-18-13(16)9-11(17-18)14-10(15)5-4-6-12(14)19-7-2-3-8-19/h4-6,9H,2-3,7-8,16H2,1H3. The van der Waals surface area contributed by atoms with Crippen molar-refractivity contribution in [3.8, 4) is 11.3 Å². The molecule has 0 saturated carbocycles. The van der Waals surface area contributed by atoms with Crippen LogP contribution >= 0.6 is 11.6 Å². The topological polar surface area (TPSA) is 47.1 Å². The first-order chi connectivity index (χ1) is 9.16. The number of aryl methyl sites for hydroxylation is 1. The van der Waals surface area contributed by atoms with Gasteiger partial charge >= 0.3 is 0 Å². The Bertz CT molecular complexity index is 580. The van der Waals surface area contributed by atoms with Gasteiger partial charge in [-0.05, 0) is 25.0 Å². The van der Waals surface area contributed by atoms with E-state index in [-0.39, 0.29) is 0 Å². The molecule has 19 heavy (non-hydrogen) atoms. The van der Waals surface area contributed by atoms with Crippen molar-refractivity contribution in [2.45, 2.75) is 12.8 Å². The molecule has 5 heteroatoms. The smallest absolute Gasteiger partial charge is 0.121 e. The Morgan fingerprint density at radius 1 is 1.26 bits per heavy atom. The molecule has 1 saturated heterocycles. The van der Waals surface area contributed by atoms with E-state index in [0.29, 0.717) is 5.82 Å². The van der Waals surface area contributed by atoms with Gasteiger partial charge in [0.2, 0.25) is 0 Å². The number of halogens is 1. The summed E-state index contributed by atoms with van der Waals surface area (Å²) in [6.45, 7) is 2.16. The van der Waals surface area contributed by atoms with Crippen LogP contribution in [-0.2, 0) is 7.05 Å². The number of aromatic nitrogens is 2. The highest BCUT2D eigenvalue weighted by molar-refractivity contribution is 6.34. The highest BCUT2D eigenvalue weighted by atomic mass is 35.5. The Morgan fingerprint density at radius 2 is 2.00 bits per heavy atom. The molecule has 1 aromatic carbocycles. The van der Waals surface area contributed by atoms with Crippen LogP contribution in [0.4, 0.5) is 11.5 Å². The van der Waals surface area contributed by atoms with E-state index in [9.17, 15) is 0 Å². The van der Waals surface area contributed by atoms with Crippen LogP contribution in [0.25, 0.3) is 11.3 Å². The van der Waals surface area contributed by atoms with Gasteiger partial charge < -0.3 is 10.6 Å². The van der Waals surface area contributed by atoms with Crippen molar-refractivity contribution >= 4 is 23.1 Å². The summed E-state index contributed by atoms with van der Waals surface area (Å²) in [6, 6.07) is 7.88. The fraction of sp³-hybridized carbons (Fsp3) is 0.357. The fourth-order valence-electron chi connectivity index (χ4n) is 2.59. The minimum atomic E-state index is 0.641. The predicted molar refractivity (Wildman–Crippen MR) is 79.5 cm³/mol. The lowest BCUT2D eigenvalue weighted by molar-refractivity contribution is 0.782. The van der Waals surface area contributed by atoms with E-state index < -0.39 is 0 Å². The van der Waals surface area contributed by atoms with Crippen LogP contribution in [-0.4, -0.2) is 22.9 Å². The summed E-state index contributed by atoms with van der Waals surface area (Å²) in [5, 5.41) is 5.18. The molecule has 0 aliphatic carbocycles. The van der Waals surface area contributed by atoms with Crippen molar-refractivity contribution in [1.29, 1.82) is 0 Å². The molecule has 1 aliphatic heterocycles. The molecule has 3 rings (SSSR count). The van der Waals surface area contributed by atoms with Crippen LogP contribution in [0.1, 0.15) is 12.8 Å². The lowest BCUT2D eigenvalue weighted by Crippen LogP contribution is -2.18. The second-order valence-corrected chi connectivity index (χ2v) is 5.31.